The molecule has 3 aliphatic rings. The van der Waals surface area contributed by atoms with Crippen LogP contribution in [0.1, 0.15) is 26.2 Å². The van der Waals surface area contributed by atoms with Gasteiger partial charge in [-0.1, -0.05) is 0 Å². The van der Waals surface area contributed by atoms with Crippen LogP contribution in [-0.2, 0) is 4.79 Å². The molecule has 3 saturated carbocycles. The van der Waals surface area contributed by atoms with E-state index in [2.05, 4.69) is 0 Å². The van der Waals surface area contributed by atoms with Crippen LogP contribution in [-0.4, -0.2) is 11.3 Å². The molecule has 2 heteroatoms. The van der Waals surface area contributed by atoms with Gasteiger partial charge in [0.15, 0.2) is 0 Å². The molecule has 2 bridgehead atoms. The third kappa shape index (κ3) is 0.433. The summed E-state index contributed by atoms with van der Waals surface area (Å²) < 4.78 is 0. The van der Waals surface area contributed by atoms with Gasteiger partial charge in [0, 0.05) is 11.0 Å². The van der Waals surface area contributed by atoms with E-state index in [4.69, 9.17) is 5.73 Å². The lowest BCUT2D eigenvalue weighted by Crippen LogP contribution is -2.74. The van der Waals surface area contributed by atoms with Crippen molar-refractivity contribution in [1.29, 1.82) is 0 Å². The largest absolute Gasteiger partial charge is 0.325 e. The molecule has 0 aromatic heterocycles. The standard InChI is InChI=1S/C7H11NO/c1-5(9)6-2-7(8,3-6)4-6/h2-4,8H2,1H3. The van der Waals surface area contributed by atoms with Crippen LogP contribution in [0.25, 0.3) is 0 Å². The van der Waals surface area contributed by atoms with Crippen molar-refractivity contribution in [2.75, 3.05) is 0 Å². The fourth-order valence-electron chi connectivity index (χ4n) is 2.24. The first-order valence-corrected chi connectivity index (χ1v) is 3.36. The number of Topliss-reactive ketones (excluding diaryl/α,β-unsaturated/α-hetero) is 1. The lowest BCUT2D eigenvalue weighted by molar-refractivity contribution is -0.167. The van der Waals surface area contributed by atoms with Gasteiger partial charge in [0.25, 0.3) is 0 Å². The Morgan fingerprint density at radius 2 is 1.89 bits per heavy atom. The summed E-state index contributed by atoms with van der Waals surface area (Å²) in [6.07, 6.45) is 2.86. The first-order chi connectivity index (χ1) is 4.06. The lowest BCUT2D eigenvalue weighted by Gasteiger charge is -2.67. The number of carbonyl (C=O) groups is 1. The molecule has 0 aromatic rings. The van der Waals surface area contributed by atoms with Crippen molar-refractivity contribution < 1.29 is 4.79 Å². The summed E-state index contributed by atoms with van der Waals surface area (Å²) >= 11 is 0. The molecule has 2 nitrogen and oxygen atoms in total. The van der Waals surface area contributed by atoms with E-state index in [9.17, 15) is 4.79 Å². The van der Waals surface area contributed by atoms with E-state index >= 15 is 0 Å². The smallest absolute Gasteiger partial charge is 0.136 e. The van der Waals surface area contributed by atoms with Gasteiger partial charge in [0.2, 0.25) is 0 Å². The maximum Gasteiger partial charge on any atom is 0.136 e. The Bertz CT molecular complexity index is 166. The van der Waals surface area contributed by atoms with Crippen molar-refractivity contribution in [3.63, 3.8) is 0 Å². The molecule has 3 fully saturated rings. The first kappa shape index (κ1) is 5.42. The monoisotopic (exact) mass is 125 g/mol. The van der Waals surface area contributed by atoms with Crippen molar-refractivity contribution in [3.8, 4) is 0 Å². The molecule has 0 aliphatic heterocycles. The Kier molecular flexibility index (Phi) is 0.650. The zero-order valence-corrected chi connectivity index (χ0v) is 5.61. The van der Waals surface area contributed by atoms with Gasteiger partial charge in [-0.2, -0.15) is 0 Å². The van der Waals surface area contributed by atoms with E-state index in [0.717, 1.165) is 19.3 Å². The van der Waals surface area contributed by atoms with Crippen LogP contribution in [0.4, 0.5) is 0 Å². The van der Waals surface area contributed by atoms with Crippen LogP contribution in [0.3, 0.4) is 0 Å². The minimum Gasteiger partial charge on any atom is -0.325 e. The minimum atomic E-state index is 0.0642. The predicted octanol–water partition coefficient (Wildman–Crippen LogP) is 0.457. The lowest BCUT2D eigenvalue weighted by atomic mass is 9.38. The van der Waals surface area contributed by atoms with Gasteiger partial charge in [0.05, 0.1) is 0 Å². The normalized spacial score (nSPS) is 53.6. The Morgan fingerprint density at radius 1 is 1.44 bits per heavy atom. The molecule has 0 spiro atoms. The third-order valence-electron chi connectivity index (χ3n) is 2.82. The Morgan fingerprint density at radius 3 is 2.00 bits per heavy atom. The minimum absolute atomic E-state index is 0.0642. The number of ketones is 1. The highest BCUT2D eigenvalue weighted by molar-refractivity contribution is 5.86. The first-order valence-electron chi connectivity index (χ1n) is 3.36. The molecule has 0 aromatic carbocycles. The number of hydrogen-bond acceptors (Lipinski definition) is 2. The Hall–Kier alpha value is -0.370. The molecule has 0 amide bonds. The topological polar surface area (TPSA) is 43.1 Å². The van der Waals surface area contributed by atoms with Gasteiger partial charge >= 0.3 is 0 Å². The van der Waals surface area contributed by atoms with E-state index in [1.807, 2.05) is 0 Å². The second kappa shape index (κ2) is 1.08. The summed E-state index contributed by atoms with van der Waals surface area (Å²) in [6.45, 7) is 1.68. The summed E-state index contributed by atoms with van der Waals surface area (Å²) in [5.41, 5.74) is 5.91. The SMILES string of the molecule is CC(=O)C12CC(N)(C1)C2. The van der Waals surface area contributed by atoms with Crippen LogP contribution in [0.2, 0.25) is 0 Å². The zero-order chi connectivity index (χ0) is 6.70. The fourth-order valence-corrected chi connectivity index (χ4v) is 2.24. The van der Waals surface area contributed by atoms with Gasteiger partial charge in [-0.15, -0.1) is 0 Å². The van der Waals surface area contributed by atoms with Crippen molar-refractivity contribution in [2.45, 2.75) is 31.7 Å². The van der Waals surface area contributed by atoms with E-state index in [1.165, 1.54) is 0 Å². The van der Waals surface area contributed by atoms with Crippen molar-refractivity contribution in [3.05, 3.63) is 0 Å². The quantitative estimate of drug-likeness (QED) is 0.553. The summed E-state index contributed by atoms with van der Waals surface area (Å²) in [5, 5.41) is 0. The van der Waals surface area contributed by atoms with Crippen LogP contribution in [0, 0.1) is 5.41 Å². The molecule has 2 N–H and O–H groups in total. The number of nitrogens with two attached hydrogens (primary N) is 1. The molecule has 0 radical (unpaired) electrons. The average molecular weight is 125 g/mol. The van der Waals surface area contributed by atoms with Crippen molar-refractivity contribution >= 4 is 5.78 Å². The van der Waals surface area contributed by atoms with Crippen LogP contribution in [0.15, 0.2) is 0 Å². The van der Waals surface area contributed by atoms with E-state index < -0.39 is 0 Å². The second-order valence-electron chi connectivity index (χ2n) is 3.73. The molecule has 0 saturated heterocycles. The van der Waals surface area contributed by atoms with E-state index in [-0.39, 0.29) is 11.0 Å². The molecule has 0 atom stereocenters. The molecule has 50 valence electrons. The number of hydrogen-bond donors (Lipinski definition) is 1. The van der Waals surface area contributed by atoms with E-state index in [1.54, 1.807) is 6.92 Å². The Labute approximate surface area is 54.4 Å². The molecule has 0 heterocycles. The van der Waals surface area contributed by atoms with Gasteiger partial charge in [0.1, 0.15) is 5.78 Å². The highest BCUT2D eigenvalue weighted by Gasteiger charge is 2.68. The fraction of sp³-hybridized carbons (Fsp3) is 0.857. The van der Waals surface area contributed by atoms with Crippen molar-refractivity contribution in [2.24, 2.45) is 11.1 Å². The average Bonchev–Trinajstić information content (AvgIpc) is 1.54. The zero-order valence-electron chi connectivity index (χ0n) is 5.61. The predicted molar refractivity (Wildman–Crippen MR) is 33.9 cm³/mol. The number of carbonyl (C=O) groups excluding carboxylic acids is 1. The van der Waals surface area contributed by atoms with Crippen molar-refractivity contribution in [1.82, 2.24) is 0 Å². The molecule has 3 aliphatic carbocycles. The molecule has 9 heavy (non-hydrogen) atoms. The van der Waals surface area contributed by atoms with Gasteiger partial charge in [-0.05, 0) is 26.2 Å². The summed E-state index contributed by atoms with van der Waals surface area (Å²) in [4.78, 5) is 10.9. The van der Waals surface area contributed by atoms with Gasteiger partial charge in [-0.25, -0.2) is 0 Å². The highest BCUT2D eigenvalue weighted by Crippen LogP contribution is 2.66. The third-order valence-corrected chi connectivity index (χ3v) is 2.82. The van der Waals surface area contributed by atoms with Gasteiger partial charge in [-0.3, -0.25) is 4.79 Å². The van der Waals surface area contributed by atoms with Crippen LogP contribution < -0.4 is 5.73 Å². The number of rotatable bonds is 1. The summed E-state index contributed by atoms with van der Waals surface area (Å²) in [6, 6.07) is 0. The summed E-state index contributed by atoms with van der Waals surface area (Å²) in [5.74, 6) is 0.342. The maximum atomic E-state index is 10.9. The maximum absolute atomic E-state index is 10.9. The van der Waals surface area contributed by atoms with E-state index in [0.29, 0.717) is 5.78 Å². The highest BCUT2D eigenvalue weighted by atomic mass is 16.1. The second-order valence-corrected chi connectivity index (χ2v) is 3.73. The molecular formula is C7H11NO. The summed E-state index contributed by atoms with van der Waals surface area (Å²) in [7, 11) is 0. The molecule has 0 unspecified atom stereocenters. The van der Waals surface area contributed by atoms with Crippen LogP contribution >= 0.6 is 0 Å². The van der Waals surface area contributed by atoms with Crippen LogP contribution in [0.5, 0.6) is 0 Å². The van der Waals surface area contributed by atoms with Gasteiger partial charge < -0.3 is 5.73 Å². The Balaban J connectivity index is 2.13. The molecule has 3 rings (SSSR count). The molecular weight excluding hydrogens is 114 g/mol.